The first-order valence-electron chi connectivity index (χ1n) is 9.08. The Hall–Kier alpha value is -2.53. The smallest absolute Gasteiger partial charge is 0.235 e. The van der Waals surface area contributed by atoms with E-state index in [1.54, 1.807) is 4.90 Å². The molecule has 27 heavy (non-hydrogen) atoms. The molecule has 1 N–H and O–H groups in total. The number of hydrogen-bond donors (Lipinski definition) is 1. The lowest BCUT2D eigenvalue weighted by Gasteiger charge is -2.20. The summed E-state index contributed by atoms with van der Waals surface area (Å²) in [6.07, 6.45) is 0.792. The topological polar surface area (TPSA) is 49.0 Å². The van der Waals surface area contributed by atoms with Gasteiger partial charge in [0.1, 0.15) is 0 Å². The van der Waals surface area contributed by atoms with Gasteiger partial charge in [-0.05, 0) is 25.0 Å². The fourth-order valence-electron chi connectivity index (χ4n) is 2.95. The van der Waals surface area contributed by atoms with E-state index in [0.29, 0.717) is 6.54 Å². The third-order valence-electron chi connectivity index (χ3n) is 4.45. The number of aromatic amines is 1. The molecule has 1 amide bonds. The average molecular weight is 380 g/mol. The molecular formula is C22H25N3OS. The first-order chi connectivity index (χ1) is 13.0. The number of aryl methyl sites for hydroxylation is 1. The lowest BCUT2D eigenvalue weighted by Crippen LogP contribution is -2.32. The van der Waals surface area contributed by atoms with Gasteiger partial charge < -0.3 is 9.88 Å². The number of imidazole rings is 1. The fourth-order valence-corrected chi connectivity index (χ4v) is 3.94. The van der Waals surface area contributed by atoms with Crippen molar-refractivity contribution in [1.29, 1.82) is 0 Å². The van der Waals surface area contributed by atoms with Gasteiger partial charge in [0.2, 0.25) is 5.91 Å². The van der Waals surface area contributed by atoms with Crippen molar-refractivity contribution < 1.29 is 4.79 Å². The van der Waals surface area contributed by atoms with E-state index >= 15 is 0 Å². The number of rotatable bonds is 7. The monoisotopic (exact) mass is 379 g/mol. The molecule has 0 aliphatic heterocycles. The lowest BCUT2D eigenvalue weighted by atomic mass is 10.1. The van der Waals surface area contributed by atoms with Crippen molar-refractivity contribution >= 4 is 17.7 Å². The molecule has 2 aromatic carbocycles. The molecule has 1 aromatic heterocycles. The van der Waals surface area contributed by atoms with E-state index in [2.05, 4.69) is 17.1 Å². The van der Waals surface area contributed by atoms with E-state index in [1.165, 1.54) is 17.3 Å². The van der Waals surface area contributed by atoms with Crippen LogP contribution in [0.25, 0.3) is 0 Å². The summed E-state index contributed by atoms with van der Waals surface area (Å²) < 4.78 is 0. The van der Waals surface area contributed by atoms with Gasteiger partial charge in [-0.1, -0.05) is 72.4 Å². The molecule has 0 aliphatic carbocycles. The summed E-state index contributed by atoms with van der Waals surface area (Å²) in [5.41, 5.74) is 4.44. The number of hydrogen-bond acceptors (Lipinski definition) is 3. The Kier molecular flexibility index (Phi) is 6.35. The Morgan fingerprint density at radius 2 is 1.67 bits per heavy atom. The molecule has 0 saturated carbocycles. The quantitative estimate of drug-likeness (QED) is 0.617. The zero-order valence-electron chi connectivity index (χ0n) is 16.0. The van der Waals surface area contributed by atoms with Crippen LogP contribution >= 0.6 is 11.8 Å². The van der Waals surface area contributed by atoms with Gasteiger partial charge in [-0.15, -0.1) is 0 Å². The van der Waals surface area contributed by atoms with Crippen LogP contribution in [0.15, 0.2) is 65.8 Å². The molecule has 1 unspecified atom stereocenters. The van der Waals surface area contributed by atoms with Crippen molar-refractivity contribution in [3.05, 3.63) is 83.2 Å². The molecular weight excluding hydrogens is 354 g/mol. The van der Waals surface area contributed by atoms with E-state index in [4.69, 9.17) is 4.98 Å². The van der Waals surface area contributed by atoms with Crippen LogP contribution in [0, 0.1) is 6.92 Å². The number of thioether (sulfide) groups is 1. The number of nitrogens with zero attached hydrogens (tertiary/aromatic N) is 2. The zero-order chi connectivity index (χ0) is 19.2. The summed E-state index contributed by atoms with van der Waals surface area (Å²) in [6.45, 7) is 4.58. The molecule has 3 rings (SSSR count). The van der Waals surface area contributed by atoms with Gasteiger partial charge in [0.15, 0.2) is 5.16 Å². The Morgan fingerprint density at radius 3 is 2.30 bits per heavy atom. The molecule has 0 aliphatic rings. The van der Waals surface area contributed by atoms with Gasteiger partial charge in [0.25, 0.3) is 0 Å². The highest BCUT2D eigenvalue weighted by Crippen LogP contribution is 2.24. The highest BCUT2D eigenvalue weighted by molar-refractivity contribution is 8.00. The standard InChI is InChI=1S/C22H25N3OS/c1-16-20(14-18-10-6-4-7-11-18)24-22(23-16)27-17(2)21(26)25(3)15-19-12-8-5-9-13-19/h4-13,17H,14-15H2,1-3H3,(H,23,24). The molecule has 1 heterocycles. The number of carbonyl (C=O) groups excluding carboxylic acids is 1. The molecule has 1 atom stereocenters. The van der Waals surface area contributed by atoms with E-state index in [0.717, 1.165) is 28.5 Å². The van der Waals surface area contributed by atoms with Gasteiger partial charge in [-0.25, -0.2) is 4.98 Å². The highest BCUT2D eigenvalue weighted by Gasteiger charge is 2.21. The molecule has 0 fully saturated rings. The molecule has 0 spiro atoms. The minimum atomic E-state index is -0.200. The van der Waals surface area contributed by atoms with Crippen molar-refractivity contribution in [3.8, 4) is 0 Å². The molecule has 0 radical (unpaired) electrons. The van der Waals surface area contributed by atoms with Crippen LogP contribution in [-0.4, -0.2) is 33.1 Å². The van der Waals surface area contributed by atoms with Gasteiger partial charge >= 0.3 is 0 Å². The van der Waals surface area contributed by atoms with Crippen molar-refractivity contribution in [3.63, 3.8) is 0 Å². The molecule has 0 bridgehead atoms. The van der Waals surface area contributed by atoms with Crippen molar-refractivity contribution in [2.45, 2.75) is 37.2 Å². The number of aromatic nitrogens is 2. The van der Waals surface area contributed by atoms with Crippen LogP contribution in [-0.2, 0) is 17.8 Å². The molecule has 140 valence electrons. The van der Waals surface area contributed by atoms with Gasteiger partial charge in [0, 0.05) is 25.7 Å². The average Bonchev–Trinajstić information content (AvgIpc) is 3.01. The maximum atomic E-state index is 12.7. The Balaban J connectivity index is 1.61. The number of nitrogens with one attached hydrogen (secondary N) is 1. The largest absolute Gasteiger partial charge is 0.340 e. The van der Waals surface area contributed by atoms with Crippen molar-refractivity contribution in [2.75, 3.05) is 7.05 Å². The fraction of sp³-hybridized carbons (Fsp3) is 0.273. The Morgan fingerprint density at radius 1 is 1.07 bits per heavy atom. The van der Waals surface area contributed by atoms with Gasteiger partial charge in [-0.2, -0.15) is 0 Å². The minimum Gasteiger partial charge on any atom is -0.340 e. The molecule has 4 nitrogen and oxygen atoms in total. The summed E-state index contributed by atoms with van der Waals surface area (Å²) in [4.78, 5) is 22.5. The summed E-state index contributed by atoms with van der Waals surface area (Å²) in [6, 6.07) is 20.3. The van der Waals surface area contributed by atoms with Crippen LogP contribution in [0.1, 0.15) is 29.4 Å². The van der Waals surface area contributed by atoms with E-state index < -0.39 is 0 Å². The summed E-state index contributed by atoms with van der Waals surface area (Å²) in [5.74, 6) is 0.0996. The normalized spacial score (nSPS) is 12.0. The maximum absolute atomic E-state index is 12.7. The third kappa shape index (κ3) is 5.23. The van der Waals surface area contributed by atoms with Crippen LogP contribution in [0.4, 0.5) is 0 Å². The zero-order valence-corrected chi connectivity index (χ0v) is 16.8. The summed E-state index contributed by atoms with van der Waals surface area (Å²) in [5, 5.41) is 0.598. The van der Waals surface area contributed by atoms with Crippen LogP contribution in [0.3, 0.4) is 0 Å². The second-order valence-electron chi connectivity index (χ2n) is 6.72. The SMILES string of the molecule is Cc1[nH]c(SC(C)C(=O)N(C)Cc2ccccc2)nc1Cc1ccccc1. The van der Waals surface area contributed by atoms with E-state index in [-0.39, 0.29) is 11.2 Å². The van der Waals surface area contributed by atoms with Gasteiger partial charge in [0.05, 0.1) is 10.9 Å². The van der Waals surface area contributed by atoms with E-state index in [1.807, 2.05) is 69.4 Å². The van der Waals surface area contributed by atoms with Crippen molar-refractivity contribution in [2.24, 2.45) is 0 Å². The second-order valence-corrected chi connectivity index (χ2v) is 8.05. The van der Waals surface area contributed by atoms with Crippen LogP contribution < -0.4 is 0 Å². The Bertz CT molecular complexity index is 877. The predicted molar refractivity (Wildman–Crippen MR) is 111 cm³/mol. The lowest BCUT2D eigenvalue weighted by molar-refractivity contribution is -0.129. The Labute approximate surface area is 165 Å². The van der Waals surface area contributed by atoms with E-state index in [9.17, 15) is 4.79 Å². The molecule has 0 saturated heterocycles. The van der Waals surface area contributed by atoms with Gasteiger partial charge in [-0.3, -0.25) is 4.79 Å². The molecule has 3 aromatic rings. The number of benzene rings is 2. The first-order valence-corrected chi connectivity index (χ1v) is 9.96. The maximum Gasteiger partial charge on any atom is 0.235 e. The van der Waals surface area contributed by atoms with Crippen LogP contribution in [0.2, 0.25) is 0 Å². The van der Waals surface area contributed by atoms with Crippen LogP contribution in [0.5, 0.6) is 0 Å². The van der Waals surface area contributed by atoms with Crippen molar-refractivity contribution in [1.82, 2.24) is 14.9 Å². The minimum absolute atomic E-state index is 0.0996. The molecule has 5 heteroatoms. The summed E-state index contributed by atoms with van der Waals surface area (Å²) >= 11 is 1.48. The highest BCUT2D eigenvalue weighted by atomic mass is 32.2. The first kappa shape index (κ1) is 19.2. The third-order valence-corrected chi connectivity index (χ3v) is 5.42. The summed E-state index contributed by atoms with van der Waals surface area (Å²) in [7, 11) is 1.85. The second kappa shape index (κ2) is 8.91. The predicted octanol–water partition coefficient (Wildman–Crippen LogP) is 4.45. The number of carbonyl (C=O) groups is 1. The number of H-pyrrole nitrogens is 1. The number of amides is 1.